The maximum absolute atomic E-state index is 13.7. The van der Waals surface area contributed by atoms with Gasteiger partial charge in [0.25, 0.3) is 0 Å². The summed E-state index contributed by atoms with van der Waals surface area (Å²) in [6.45, 7) is 6.46. The molecule has 1 unspecified atom stereocenters. The zero-order chi connectivity index (χ0) is 12.4. The van der Waals surface area contributed by atoms with Gasteiger partial charge in [-0.1, -0.05) is 6.07 Å². The fraction of sp³-hybridized carbons (Fsp3) is 0.538. The minimum absolute atomic E-state index is 0.192. The zero-order valence-corrected chi connectivity index (χ0v) is 11.8. The summed E-state index contributed by atoms with van der Waals surface area (Å²) in [7, 11) is 0. The first-order chi connectivity index (χ1) is 8.08. The number of para-hydroxylation sites is 1. The summed E-state index contributed by atoms with van der Waals surface area (Å²) in [5, 5.41) is 3.30. The molecule has 0 bridgehead atoms. The molecule has 1 aromatic rings. The van der Waals surface area contributed by atoms with Gasteiger partial charge in [-0.2, -0.15) is 0 Å². The maximum Gasteiger partial charge on any atom is 0.147 e. The second kappa shape index (κ2) is 5.36. The summed E-state index contributed by atoms with van der Waals surface area (Å²) in [4.78, 5) is 2.41. The first-order valence-electron chi connectivity index (χ1n) is 6.02. The summed E-state index contributed by atoms with van der Waals surface area (Å²) in [5.41, 5.74) is 0.586. The second-order valence-corrected chi connectivity index (χ2v) is 5.67. The van der Waals surface area contributed by atoms with Gasteiger partial charge in [-0.15, -0.1) is 0 Å². The molecule has 1 aliphatic heterocycles. The minimum atomic E-state index is -0.192. The van der Waals surface area contributed by atoms with Crippen molar-refractivity contribution >= 4 is 21.6 Å². The van der Waals surface area contributed by atoms with Crippen LogP contribution in [0.5, 0.6) is 0 Å². The average Bonchev–Trinajstić information content (AvgIpc) is 2.72. The summed E-state index contributed by atoms with van der Waals surface area (Å²) < 4.78 is 14.4. The minimum Gasteiger partial charge on any atom is -0.378 e. The lowest BCUT2D eigenvalue weighted by atomic mass is 10.2. The van der Waals surface area contributed by atoms with E-state index >= 15 is 0 Å². The molecule has 1 fully saturated rings. The predicted octanol–water partition coefficient (Wildman–Crippen LogP) is 3.48. The smallest absolute Gasteiger partial charge is 0.147 e. The van der Waals surface area contributed by atoms with Gasteiger partial charge in [-0.25, -0.2) is 4.39 Å². The number of nitrogens with zero attached hydrogens (tertiary/aromatic N) is 1. The van der Waals surface area contributed by atoms with Gasteiger partial charge in [-0.05, 0) is 48.3 Å². The van der Waals surface area contributed by atoms with Gasteiger partial charge >= 0.3 is 0 Å². The monoisotopic (exact) mass is 300 g/mol. The van der Waals surface area contributed by atoms with Crippen LogP contribution >= 0.6 is 15.9 Å². The highest BCUT2D eigenvalue weighted by Crippen LogP contribution is 2.27. The number of hydrogen-bond acceptors (Lipinski definition) is 2. The molecule has 0 saturated carbocycles. The molecule has 17 heavy (non-hydrogen) atoms. The summed E-state index contributed by atoms with van der Waals surface area (Å²) in [5.74, 6) is -0.192. The number of likely N-dealkylation sites (tertiary alicyclic amines) is 1. The van der Waals surface area contributed by atoms with Crippen molar-refractivity contribution in [3.8, 4) is 0 Å². The van der Waals surface area contributed by atoms with Gasteiger partial charge in [-0.3, -0.25) is 4.90 Å². The molecule has 1 aliphatic rings. The lowest BCUT2D eigenvalue weighted by molar-refractivity contribution is 0.274. The van der Waals surface area contributed by atoms with E-state index in [1.54, 1.807) is 6.07 Å². The molecule has 0 amide bonds. The number of benzene rings is 1. The SMILES string of the molecule is CC(C)N1CCC(Nc2c(F)cccc2Br)C1. The fourth-order valence-electron chi connectivity index (χ4n) is 2.21. The van der Waals surface area contributed by atoms with Crippen molar-refractivity contribution in [3.05, 3.63) is 28.5 Å². The van der Waals surface area contributed by atoms with Gasteiger partial charge in [0.05, 0.1) is 5.69 Å². The first-order valence-corrected chi connectivity index (χ1v) is 6.82. The Hall–Kier alpha value is -0.610. The number of rotatable bonds is 3. The van der Waals surface area contributed by atoms with Gasteiger partial charge < -0.3 is 5.32 Å². The summed E-state index contributed by atoms with van der Waals surface area (Å²) in [6.07, 6.45) is 1.07. The summed E-state index contributed by atoms with van der Waals surface area (Å²) >= 11 is 3.38. The van der Waals surface area contributed by atoms with Crippen LogP contribution in [0.3, 0.4) is 0 Å². The molecule has 1 aromatic carbocycles. The van der Waals surface area contributed by atoms with Crippen LogP contribution in [0.2, 0.25) is 0 Å². The number of anilines is 1. The molecule has 4 heteroatoms. The van der Waals surface area contributed by atoms with Crippen LogP contribution in [0.15, 0.2) is 22.7 Å². The molecule has 1 atom stereocenters. The quantitative estimate of drug-likeness (QED) is 0.919. The number of nitrogens with one attached hydrogen (secondary N) is 1. The molecule has 1 N–H and O–H groups in total. The van der Waals surface area contributed by atoms with Crippen LogP contribution in [0, 0.1) is 5.82 Å². The zero-order valence-electron chi connectivity index (χ0n) is 10.2. The molecular weight excluding hydrogens is 283 g/mol. The van der Waals surface area contributed by atoms with E-state index in [1.807, 2.05) is 6.07 Å². The Balaban J connectivity index is 2.03. The first kappa shape index (κ1) is 12.8. The van der Waals surface area contributed by atoms with Gasteiger partial charge in [0.2, 0.25) is 0 Å². The Morgan fingerprint density at radius 2 is 2.24 bits per heavy atom. The highest BCUT2D eigenvalue weighted by molar-refractivity contribution is 9.10. The fourth-order valence-corrected chi connectivity index (χ4v) is 2.67. The molecular formula is C13H18BrFN2. The van der Waals surface area contributed by atoms with E-state index in [0.29, 0.717) is 17.8 Å². The van der Waals surface area contributed by atoms with Crippen molar-refractivity contribution in [1.29, 1.82) is 0 Å². The molecule has 94 valence electrons. The summed E-state index contributed by atoms with van der Waals surface area (Å²) in [6, 6.07) is 5.96. The third-order valence-electron chi connectivity index (χ3n) is 3.26. The van der Waals surface area contributed by atoms with E-state index in [0.717, 1.165) is 24.0 Å². The molecule has 0 aromatic heterocycles. The molecule has 0 aliphatic carbocycles. The second-order valence-electron chi connectivity index (χ2n) is 4.82. The lowest BCUT2D eigenvalue weighted by Gasteiger charge is -2.21. The molecule has 0 radical (unpaired) electrons. The van der Waals surface area contributed by atoms with E-state index < -0.39 is 0 Å². The highest BCUT2D eigenvalue weighted by Gasteiger charge is 2.25. The number of hydrogen-bond donors (Lipinski definition) is 1. The predicted molar refractivity (Wildman–Crippen MR) is 72.8 cm³/mol. The highest BCUT2D eigenvalue weighted by atomic mass is 79.9. The van der Waals surface area contributed by atoms with Gasteiger partial charge in [0, 0.05) is 29.6 Å². The maximum atomic E-state index is 13.7. The van der Waals surface area contributed by atoms with Crippen molar-refractivity contribution in [2.45, 2.75) is 32.4 Å². The molecule has 1 heterocycles. The standard InChI is InChI=1S/C13H18BrFN2/c1-9(2)17-7-6-10(8-17)16-13-11(14)4-3-5-12(13)15/h3-5,9-10,16H,6-8H2,1-2H3. The van der Waals surface area contributed by atoms with E-state index in [1.165, 1.54) is 6.07 Å². The van der Waals surface area contributed by atoms with Crippen LogP contribution < -0.4 is 5.32 Å². The van der Waals surface area contributed by atoms with Crippen molar-refractivity contribution < 1.29 is 4.39 Å². The molecule has 0 spiro atoms. The molecule has 2 nitrogen and oxygen atoms in total. The van der Waals surface area contributed by atoms with Crippen LogP contribution in [0.25, 0.3) is 0 Å². The normalized spacial score (nSPS) is 21.1. The largest absolute Gasteiger partial charge is 0.378 e. The topological polar surface area (TPSA) is 15.3 Å². The van der Waals surface area contributed by atoms with Crippen molar-refractivity contribution in [1.82, 2.24) is 4.90 Å². The van der Waals surface area contributed by atoms with E-state index in [-0.39, 0.29) is 5.82 Å². The van der Waals surface area contributed by atoms with E-state index in [9.17, 15) is 4.39 Å². The Morgan fingerprint density at radius 1 is 1.47 bits per heavy atom. The molecule has 1 saturated heterocycles. The van der Waals surface area contributed by atoms with Crippen LogP contribution in [0.1, 0.15) is 20.3 Å². The average molecular weight is 301 g/mol. The van der Waals surface area contributed by atoms with E-state index in [2.05, 4.69) is 40.0 Å². The van der Waals surface area contributed by atoms with Crippen LogP contribution in [0.4, 0.5) is 10.1 Å². The Kier molecular flexibility index (Phi) is 4.05. The lowest BCUT2D eigenvalue weighted by Crippen LogP contribution is -2.31. The van der Waals surface area contributed by atoms with E-state index in [4.69, 9.17) is 0 Å². The Bertz CT molecular complexity index is 375. The van der Waals surface area contributed by atoms with Gasteiger partial charge in [0.15, 0.2) is 0 Å². The van der Waals surface area contributed by atoms with Crippen molar-refractivity contribution in [2.75, 3.05) is 18.4 Å². The van der Waals surface area contributed by atoms with Crippen molar-refractivity contribution in [3.63, 3.8) is 0 Å². The van der Waals surface area contributed by atoms with Crippen LogP contribution in [-0.4, -0.2) is 30.1 Å². The molecule has 2 rings (SSSR count). The van der Waals surface area contributed by atoms with Crippen LogP contribution in [-0.2, 0) is 0 Å². The Labute approximate surface area is 110 Å². The Morgan fingerprint density at radius 3 is 2.82 bits per heavy atom. The number of halogens is 2. The third kappa shape index (κ3) is 2.99. The third-order valence-corrected chi connectivity index (χ3v) is 3.92. The van der Waals surface area contributed by atoms with Gasteiger partial charge in [0.1, 0.15) is 5.82 Å². The van der Waals surface area contributed by atoms with Crippen molar-refractivity contribution in [2.24, 2.45) is 0 Å².